The van der Waals surface area contributed by atoms with Crippen molar-refractivity contribution >= 4 is 28.0 Å². The number of hydrogen-bond donors (Lipinski definition) is 0. The molecule has 0 radical (unpaired) electrons. The van der Waals surface area contributed by atoms with Crippen molar-refractivity contribution in [2.75, 3.05) is 0 Å². The Morgan fingerprint density at radius 1 is 1.24 bits per heavy atom. The monoisotopic (exact) mass is 413 g/mol. The molecule has 0 aliphatic heterocycles. The van der Waals surface area contributed by atoms with Gasteiger partial charge in [0.1, 0.15) is 27.8 Å². The Balaban J connectivity index is 2.34. The molecule has 0 N–H and O–H groups in total. The van der Waals surface area contributed by atoms with Crippen LogP contribution in [0.3, 0.4) is 0 Å². The second-order valence-electron chi connectivity index (χ2n) is 8.03. The van der Waals surface area contributed by atoms with E-state index in [-0.39, 0.29) is 16.9 Å². The van der Waals surface area contributed by atoms with Crippen molar-refractivity contribution in [2.45, 2.75) is 39.4 Å². The van der Waals surface area contributed by atoms with Crippen molar-refractivity contribution in [3.05, 3.63) is 63.7 Å². The van der Waals surface area contributed by atoms with Crippen LogP contribution in [-0.4, -0.2) is 24.6 Å². The van der Waals surface area contributed by atoms with Gasteiger partial charge >= 0.3 is 0 Å². The molecule has 1 atom stereocenters. The predicted molar refractivity (Wildman–Crippen MR) is 117 cm³/mol. The molecule has 0 saturated carbocycles. The van der Waals surface area contributed by atoms with Gasteiger partial charge in [0.25, 0.3) is 5.56 Å². The second kappa shape index (κ2) is 7.72. The Morgan fingerprint density at radius 2 is 1.90 bits per heavy atom. The van der Waals surface area contributed by atoms with Gasteiger partial charge in [-0.25, -0.2) is 9.37 Å². The normalized spacial score (nSPS) is 13.7. The summed E-state index contributed by atoms with van der Waals surface area (Å²) in [4.78, 5) is 17.7. The molecule has 7 heteroatoms. The zero-order valence-corrected chi connectivity index (χ0v) is 18.2. The average Bonchev–Trinajstić information content (AvgIpc) is 2.64. The number of hydrogen-bond acceptors (Lipinski definition) is 4. The number of halogens is 1. The fourth-order valence-electron chi connectivity index (χ4n) is 2.99. The number of benzene rings is 2. The standard InChI is InChI=1S/C22H24FN3O2S/c1-13-11-16(14(2)25-29(28)22(3,4)5)19-17(12-13)21(27)26(6)20(24-19)15-9-7-8-10-18(15)23/h7-12H,1-6H3/b25-14-/t29-/m1/s1. The summed E-state index contributed by atoms with van der Waals surface area (Å²) >= 11 is -1.46. The first-order valence-electron chi connectivity index (χ1n) is 9.24. The molecule has 5 nitrogen and oxygen atoms in total. The Bertz CT molecular complexity index is 1180. The number of rotatable bonds is 3. The Morgan fingerprint density at radius 3 is 2.52 bits per heavy atom. The van der Waals surface area contributed by atoms with Gasteiger partial charge < -0.3 is 4.55 Å². The predicted octanol–water partition coefficient (Wildman–Crippen LogP) is 4.32. The van der Waals surface area contributed by atoms with E-state index < -0.39 is 21.9 Å². The first-order chi connectivity index (χ1) is 13.5. The van der Waals surface area contributed by atoms with E-state index in [2.05, 4.69) is 9.38 Å². The fourth-order valence-corrected chi connectivity index (χ4v) is 3.61. The molecule has 0 bridgehead atoms. The van der Waals surface area contributed by atoms with E-state index in [9.17, 15) is 13.7 Å². The highest BCUT2D eigenvalue weighted by molar-refractivity contribution is 7.91. The molecule has 3 rings (SSSR count). The van der Waals surface area contributed by atoms with Crippen molar-refractivity contribution < 1.29 is 8.94 Å². The molecular weight excluding hydrogens is 389 g/mol. The summed E-state index contributed by atoms with van der Waals surface area (Å²) in [5.74, 6) is -0.224. The Hall–Kier alpha value is -2.51. The quantitative estimate of drug-likeness (QED) is 0.474. The van der Waals surface area contributed by atoms with Gasteiger partial charge in [0.2, 0.25) is 0 Å². The molecule has 0 aliphatic carbocycles. The minimum Gasteiger partial charge on any atom is -0.591 e. The molecule has 0 aliphatic rings. The highest BCUT2D eigenvalue weighted by Gasteiger charge is 2.27. The van der Waals surface area contributed by atoms with Crippen LogP contribution in [-0.2, 0) is 18.4 Å². The molecular formula is C22H24FN3O2S. The number of aryl methyl sites for hydroxylation is 1. The van der Waals surface area contributed by atoms with Crippen LogP contribution in [0.4, 0.5) is 4.39 Å². The lowest BCUT2D eigenvalue weighted by Gasteiger charge is -2.19. The van der Waals surface area contributed by atoms with Gasteiger partial charge in [-0.15, -0.1) is 0 Å². The smallest absolute Gasteiger partial charge is 0.261 e. The molecule has 0 unspecified atom stereocenters. The Labute approximate surface area is 172 Å². The SMILES string of the molecule is C/C(=N/[S@+]([O-])C(C)(C)C)c1cc(C)cc2c(=O)n(C)c(-c3ccccc3F)nc12. The van der Waals surface area contributed by atoms with Gasteiger partial charge in [-0.05, 0) is 64.4 Å². The van der Waals surface area contributed by atoms with E-state index in [0.29, 0.717) is 22.2 Å². The maximum atomic E-state index is 14.4. The summed E-state index contributed by atoms with van der Waals surface area (Å²) in [7, 11) is 1.58. The van der Waals surface area contributed by atoms with Crippen molar-refractivity contribution in [1.82, 2.24) is 9.55 Å². The zero-order valence-electron chi connectivity index (χ0n) is 17.4. The average molecular weight is 414 g/mol. The molecule has 1 aromatic heterocycles. The van der Waals surface area contributed by atoms with Crippen molar-refractivity contribution in [2.24, 2.45) is 11.4 Å². The van der Waals surface area contributed by atoms with Crippen LogP contribution in [0, 0.1) is 12.7 Å². The van der Waals surface area contributed by atoms with Crippen LogP contribution in [0.2, 0.25) is 0 Å². The maximum Gasteiger partial charge on any atom is 0.261 e. The largest absolute Gasteiger partial charge is 0.591 e. The first kappa shape index (κ1) is 21.2. The van der Waals surface area contributed by atoms with Gasteiger partial charge in [0.15, 0.2) is 0 Å². The Kier molecular flexibility index (Phi) is 5.65. The lowest BCUT2D eigenvalue weighted by Crippen LogP contribution is -2.27. The van der Waals surface area contributed by atoms with Crippen molar-refractivity contribution in [3.8, 4) is 11.4 Å². The van der Waals surface area contributed by atoms with Crippen LogP contribution in [0.1, 0.15) is 38.8 Å². The van der Waals surface area contributed by atoms with Gasteiger partial charge in [0, 0.05) is 12.6 Å². The number of nitrogens with zero attached hydrogens (tertiary/aromatic N) is 3. The van der Waals surface area contributed by atoms with Crippen LogP contribution >= 0.6 is 0 Å². The van der Waals surface area contributed by atoms with Gasteiger partial charge in [0.05, 0.1) is 22.2 Å². The summed E-state index contributed by atoms with van der Waals surface area (Å²) in [6.07, 6.45) is 0. The molecule has 152 valence electrons. The third-order valence-electron chi connectivity index (χ3n) is 4.57. The second-order valence-corrected chi connectivity index (χ2v) is 9.93. The minimum atomic E-state index is -1.46. The molecule has 0 amide bonds. The summed E-state index contributed by atoms with van der Waals surface area (Å²) in [6.45, 7) is 9.16. The zero-order chi connectivity index (χ0) is 21.5. The molecule has 0 saturated heterocycles. The van der Waals surface area contributed by atoms with E-state index >= 15 is 0 Å². The van der Waals surface area contributed by atoms with Crippen molar-refractivity contribution in [1.29, 1.82) is 0 Å². The van der Waals surface area contributed by atoms with Crippen LogP contribution in [0.15, 0.2) is 45.6 Å². The van der Waals surface area contributed by atoms with E-state index in [1.165, 1.54) is 10.6 Å². The topological polar surface area (TPSA) is 70.3 Å². The molecule has 0 spiro atoms. The summed E-state index contributed by atoms with van der Waals surface area (Å²) in [5.41, 5.74) is 2.39. The van der Waals surface area contributed by atoms with Crippen molar-refractivity contribution in [3.63, 3.8) is 0 Å². The fraction of sp³-hybridized carbons (Fsp3) is 0.318. The van der Waals surface area contributed by atoms with Gasteiger partial charge in [-0.1, -0.05) is 16.5 Å². The summed E-state index contributed by atoms with van der Waals surface area (Å²) < 4.78 is 32.1. The molecule has 29 heavy (non-hydrogen) atoms. The first-order valence-corrected chi connectivity index (χ1v) is 10.4. The highest BCUT2D eigenvalue weighted by Crippen LogP contribution is 2.25. The van der Waals surface area contributed by atoms with Crippen LogP contribution in [0.25, 0.3) is 22.3 Å². The lowest BCUT2D eigenvalue weighted by atomic mass is 10.0. The minimum absolute atomic E-state index is 0.232. The molecule has 3 aromatic rings. The third kappa shape index (κ3) is 4.11. The third-order valence-corrected chi connectivity index (χ3v) is 6.06. The summed E-state index contributed by atoms with van der Waals surface area (Å²) in [5, 5.41) is 0.415. The van der Waals surface area contributed by atoms with Gasteiger partial charge in [-0.2, -0.15) is 0 Å². The molecule has 0 fully saturated rings. The van der Waals surface area contributed by atoms with E-state index in [1.807, 2.05) is 33.8 Å². The summed E-state index contributed by atoms with van der Waals surface area (Å²) in [6, 6.07) is 9.83. The van der Waals surface area contributed by atoms with Crippen LogP contribution < -0.4 is 5.56 Å². The number of aromatic nitrogens is 2. The number of fused-ring (bicyclic) bond motifs is 1. The lowest BCUT2D eigenvalue weighted by molar-refractivity contribution is 0.561. The molecule has 2 aromatic carbocycles. The maximum absolute atomic E-state index is 14.4. The van der Waals surface area contributed by atoms with E-state index in [0.717, 1.165) is 5.56 Å². The van der Waals surface area contributed by atoms with Gasteiger partial charge in [-0.3, -0.25) is 9.36 Å². The van der Waals surface area contributed by atoms with E-state index in [1.54, 1.807) is 38.2 Å². The highest BCUT2D eigenvalue weighted by atomic mass is 32.2. The van der Waals surface area contributed by atoms with Crippen LogP contribution in [0.5, 0.6) is 0 Å². The molecule has 1 heterocycles. The van der Waals surface area contributed by atoms with E-state index in [4.69, 9.17) is 0 Å².